The highest BCUT2D eigenvalue weighted by molar-refractivity contribution is 5.79. The number of fused-ring (bicyclic) bond motifs is 1. The highest BCUT2D eigenvalue weighted by Crippen LogP contribution is 2.15. The first-order valence-electron chi connectivity index (χ1n) is 7.04. The number of hydrogen-bond acceptors (Lipinski definition) is 4. The summed E-state index contributed by atoms with van der Waals surface area (Å²) in [4.78, 5) is 28.6. The molecule has 1 aromatic heterocycles. The lowest BCUT2D eigenvalue weighted by molar-refractivity contribution is -0.123. The van der Waals surface area contributed by atoms with Crippen molar-refractivity contribution in [2.24, 2.45) is 5.92 Å². The fourth-order valence-electron chi connectivity index (χ4n) is 2.00. The SMILES string of the molecule is CC(C)[C@](C)(C#N)NC(=O)Cn1cnc2ccccc2c1=O. The Morgan fingerprint density at radius 3 is 2.77 bits per heavy atom. The summed E-state index contributed by atoms with van der Waals surface area (Å²) in [5, 5.41) is 12.4. The van der Waals surface area contributed by atoms with Crippen LogP contribution in [0.3, 0.4) is 0 Å². The third-order valence-corrected chi connectivity index (χ3v) is 3.83. The van der Waals surface area contributed by atoms with Gasteiger partial charge in [-0.3, -0.25) is 14.2 Å². The number of nitrogens with zero attached hydrogens (tertiary/aromatic N) is 3. The van der Waals surface area contributed by atoms with Gasteiger partial charge in [-0.25, -0.2) is 4.98 Å². The molecule has 0 aliphatic heterocycles. The van der Waals surface area contributed by atoms with Gasteiger partial charge in [0.1, 0.15) is 12.1 Å². The van der Waals surface area contributed by atoms with Crippen LogP contribution in [-0.2, 0) is 11.3 Å². The topological polar surface area (TPSA) is 87.8 Å². The Bertz CT molecular complexity index is 804. The number of amides is 1. The molecule has 0 spiro atoms. The highest BCUT2D eigenvalue weighted by Gasteiger charge is 2.30. The van der Waals surface area contributed by atoms with Gasteiger partial charge in [-0.2, -0.15) is 5.26 Å². The first-order chi connectivity index (χ1) is 10.4. The smallest absolute Gasteiger partial charge is 0.261 e. The molecule has 0 aliphatic carbocycles. The molecule has 0 saturated carbocycles. The van der Waals surface area contributed by atoms with Gasteiger partial charge in [-0.05, 0) is 25.0 Å². The summed E-state index contributed by atoms with van der Waals surface area (Å²) in [7, 11) is 0. The Morgan fingerprint density at radius 2 is 2.14 bits per heavy atom. The lowest BCUT2D eigenvalue weighted by atomic mass is 9.90. The maximum absolute atomic E-state index is 12.3. The van der Waals surface area contributed by atoms with Crippen molar-refractivity contribution >= 4 is 16.8 Å². The van der Waals surface area contributed by atoms with E-state index in [1.807, 2.05) is 13.8 Å². The number of para-hydroxylation sites is 1. The van der Waals surface area contributed by atoms with E-state index in [-0.39, 0.29) is 18.0 Å². The second kappa shape index (κ2) is 5.98. The number of carbonyl (C=O) groups excluding carboxylic acids is 1. The summed E-state index contributed by atoms with van der Waals surface area (Å²) in [6, 6.07) is 9.07. The number of nitriles is 1. The van der Waals surface area contributed by atoms with E-state index in [1.165, 1.54) is 10.9 Å². The second-order valence-electron chi connectivity index (χ2n) is 5.71. The van der Waals surface area contributed by atoms with E-state index in [0.717, 1.165) is 0 Å². The zero-order chi connectivity index (χ0) is 16.3. The Balaban J connectivity index is 2.25. The molecule has 22 heavy (non-hydrogen) atoms. The van der Waals surface area contributed by atoms with Gasteiger partial charge < -0.3 is 5.32 Å². The Hall–Kier alpha value is -2.68. The molecule has 0 unspecified atom stereocenters. The first kappa shape index (κ1) is 15.7. The van der Waals surface area contributed by atoms with Crippen LogP contribution >= 0.6 is 0 Å². The monoisotopic (exact) mass is 298 g/mol. The molecule has 2 rings (SSSR count). The number of rotatable bonds is 4. The molecule has 2 aromatic rings. The molecule has 0 aliphatic rings. The molecule has 0 fully saturated rings. The van der Waals surface area contributed by atoms with Crippen molar-refractivity contribution in [2.45, 2.75) is 32.9 Å². The molecule has 0 radical (unpaired) electrons. The fourth-order valence-corrected chi connectivity index (χ4v) is 2.00. The molecule has 1 N–H and O–H groups in total. The van der Waals surface area contributed by atoms with E-state index in [0.29, 0.717) is 10.9 Å². The summed E-state index contributed by atoms with van der Waals surface area (Å²) in [5.74, 6) is -0.440. The average molecular weight is 298 g/mol. The molecular formula is C16H18N4O2. The third-order valence-electron chi connectivity index (χ3n) is 3.83. The Labute approximate surface area is 128 Å². The molecule has 1 aromatic carbocycles. The van der Waals surface area contributed by atoms with Crippen LogP contribution in [0.4, 0.5) is 0 Å². The summed E-state index contributed by atoms with van der Waals surface area (Å²) < 4.78 is 1.25. The average Bonchev–Trinajstić information content (AvgIpc) is 2.50. The molecule has 6 heteroatoms. The van der Waals surface area contributed by atoms with Gasteiger partial charge in [0.05, 0.1) is 23.3 Å². The van der Waals surface area contributed by atoms with E-state index >= 15 is 0 Å². The van der Waals surface area contributed by atoms with Crippen LogP contribution in [0.15, 0.2) is 35.4 Å². The van der Waals surface area contributed by atoms with Gasteiger partial charge in [0.25, 0.3) is 5.56 Å². The van der Waals surface area contributed by atoms with Gasteiger partial charge in [0.2, 0.25) is 5.91 Å². The van der Waals surface area contributed by atoms with E-state index in [2.05, 4.69) is 16.4 Å². The maximum Gasteiger partial charge on any atom is 0.261 e. The zero-order valence-corrected chi connectivity index (χ0v) is 12.8. The first-order valence-corrected chi connectivity index (χ1v) is 7.04. The summed E-state index contributed by atoms with van der Waals surface area (Å²) in [5.41, 5.74) is -0.650. The van der Waals surface area contributed by atoms with Crippen LogP contribution in [0.2, 0.25) is 0 Å². The molecular weight excluding hydrogens is 280 g/mol. The van der Waals surface area contributed by atoms with Crippen LogP contribution in [-0.4, -0.2) is 21.0 Å². The predicted molar refractivity (Wildman–Crippen MR) is 83.0 cm³/mol. The van der Waals surface area contributed by atoms with Crippen molar-refractivity contribution in [3.8, 4) is 6.07 Å². The van der Waals surface area contributed by atoms with Crippen molar-refractivity contribution in [3.63, 3.8) is 0 Å². The van der Waals surface area contributed by atoms with E-state index < -0.39 is 11.4 Å². The highest BCUT2D eigenvalue weighted by atomic mass is 16.2. The van der Waals surface area contributed by atoms with Crippen molar-refractivity contribution in [1.29, 1.82) is 5.26 Å². The third kappa shape index (κ3) is 2.98. The number of hydrogen-bond donors (Lipinski definition) is 1. The van der Waals surface area contributed by atoms with Crippen molar-refractivity contribution in [1.82, 2.24) is 14.9 Å². The minimum absolute atomic E-state index is 0.0482. The Morgan fingerprint density at radius 1 is 1.45 bits per heavy atom. The molecule has 1 amide bonds. The Kier molecular flexibility index (Phi) is 4.27. The lowest BCUT2D eigenvalue weighted by Gasteiger charge is -2.27. The summed E-state index contributed by atoms with van der Waals surface area (Å²) >= 11 is 0. The van der Waals surface area contributed by atoms with Crippen molar-refractivity contribution in [3.05, 3.63) is 40.9 Å². The normalized spacial score (nSPS) is 13.6. The molecule has 0 saturated heterocycles. The number of benzene rings is 1. The summed E-state index contributed by atoms with van der Waals surface area (Å²) in [6.07, 6.45) is 1.35. The molecule has 0 bridgehead atoms. The van der Waals surface area contributed by atoms with Crippen LogP contribution in [0.5, 0.6) is 0 Å². The lowest BCUT2D eigenvalue weighted by Crippen LogP contribution is -2.50. The van der Waals surface area contributed by atoms with Gasteiger partial charge >= 0.3 is 0 Å². The van der Waals surface area contributed by atoms with Crippen LogP contribution in [0, 0.1) is 17.2 Å². The molecule has 1 heterocycles. The van der Waals surface area contributed by atoms with E-state index in [4.69, 9.17) is 0 Å². The number of nitrogens with one attached hydrogen (secondary N) is 1. The largest absolute Gasteiger partial charge is 0.336 e. The molecule has 6 nitrogen and oxygen atoms in total. The maximum atomic E-state index is 12.3. The van der Waals surface area contributed by atoms with Gasteiger partial charge in [-0.15, -0.1) is 0 Å². The van der Waals surface area contributed by atoms with E-state index in [1.54, 1.807) is 31.2 Å². The minimum Gasteiger partial charge on any atom is -0.336 e. The second-order valence-corrected chi connectivity index (χ2v) is 5.71. The summed E-state index contributed by atoms with van der Waals surface area (Å²) in [6.45, 7) is 5.21. The van der Waals surface area contributed by atoms with Gasteiger partial charge in [0, 0.05) is 0 Å². The molecule has 1 atom stereocenters. The standard InChI is InChI=1S/C16H18N4O2/c1-11(2)16(3,9-17)19-14(21)8-20-10-18-13-7-5-4-6-12(13)15(20)22/h4-7,10-11H,8H2,1-3H3,(H,19,21)/t16-/m0/s1. The number of aromatic nitrogens is 2. The van der Waals surface area contributed by atoms with Crippen LogP contribution < -0.4 is 10.9 Å². The van der Waals surface area contributed by atoms with E-state index in [9.17, 15) is 14.9 Å². The number of carbonyl (C=O) groups is 1. The van der Waals surface area contributed by atoms with Gasteiger partial charge in [0.15, 0.2) is 0 Å². The van der Waals surface area contributed by atoms with Crippen LogP contribution in [0.1, 0.15) is 20.8 Å². The molecule has 114 valence electrons. The fraction of sp³-hybridized carbons (Fsp3) is 0.375. The van der Waals surface area contributed by atoms with Crippen molar-refractivity contribution < 1.29 is 4.79 Å². The van der Waals surface area contributed by atoms with Crippen LogP contribution in [0.25, 0.3) is 10.9 Å². The minimum atomic E-state index is -0.967. The zero-order valence-electron chi connectivity index (χ0n) is 12.8. The quantitative estimate of drug-likeness (QED) is 0.925. The van der Waals surface area contributed by atoms with Crippen molar-refractivity contribution in [2.75, 3.05) is 0 Å². The van der Waals surface area contributed by atoms with Gasteiger partial charge in [-0.1, -0.05) is 26.0 Å². The predicted octanol–water partition coefficient (Wildman–Crippen LogP) is 1.45.